The summed E-state index contributed by atoms with van der Waals surface area (Å²) < 4.78 is 24.2. The molecule has 1 fully saturated rings. The van der Waals surface area contributed by atoms with Crippen molar-refractivity contribution in [2.45, 2.75) is 57.9 Å². The smallest absolute Gasteiger partial charge is 0.407 e. The van der Waals surface area contributed by atoms with Crippen LogP contribution in [0, 0.1) is 17.1 Å². The van der Waals surface area contributed by atoms with Gasteiger partial charge in [-0.2, -0.15) is 5.26 Å². The lowest BCUT2D eigenvalue weighted by Crippen LogP contribution is -2.50. The molecule has 0 unspecified atom stereocenters. The first kappa shape index (κ1) is 21.1. The average molecular weight is 377 g/mol. The van der Waals surface area contributed by atoms with Gasteiger partial charge in [-0.1, -0.05) is 6.07 Å². The molecule has 0 saturated carbocycles. The van der Waals surface area contributed by atoms with E-state index < -0.39 is 17.5 Å². The van der Waals surface area contributed by atoms with E-state index in [0.717, 1.165) is 24.9 Å². The minimum absolute atomic E-state index is 0.0350. The Labute approximate surface area is 160 Å². The molecule has 1 aliphatic heterocycles. The number of alkyl carbamates (subject to hydrolysis) is 1. The number of hydrogen-bond acceptors (Lipinski definition) is 5. The summed E-state index contributed by atoms with van der Waals surface area (Å²) in [7, 11) is 1.69. The lowest BCUT2D eigenvalue weighted by molar-refractivity contribution is 0.00546. The van der Waals surface area contributed by atoms with E-state index in [9.17, 15) is 14.4 Å². The Morgan fingerprint density at radius 1 is 1.44 bits per heavy atom. The van der Waals surface area contributed by atoms with Gasteiger partial charge in [0, 0.05) is 32.8 Å². The summed E-state index contributed by atoms with van der Waals surface area (Å²) in [4.78, 5) is 14.2. The molecule has 0 radical (unpaired) electrons. The molecule has 6 nitrogen and oxygen atoms in total. The first-order valence-corrected chi connectivity index (χ1v) is 9.14. The SMILES string of the molecule is CO[C@@H]1CCN(Cc2ccc(F)cc2C#N)[C@@H](CNC(=O)OC(C)(C)C)C1. The molecular formula is C20H28FN3O3. The zero-order valence-electron chi connectivity index (χ0n) is 16.4. The topological polar surface area (TPSA) is 74.6 Å². The molecule has 1 aromatic carbocycles. The third kappa shape index (κ3) is 6.49. The number of rotatable bonds is 5. The fourth-order valence-corrected chi connectivity index (χ4v) is 3.22. The Morgan fingerprint density at radius 2 is 2.19 bits per heavy atom. The van der Waals surface area contributed by atoms with Crippen LogP contribution in [-0.4, -0.2) is 48.9 Å². The van der Waals surface area contributed by atoms with E-state index in [1.54, 1.807) is 13.2 Å². The third-order valence-corrected chi connectivity index (χ3v) is 4.57. The van der Waals surface area contributed by atoms with Crippen LogP contribution in [0.25, 0.3) is 0 Å². The van der Waals surface area contributed by atoms with Gasteiger partial charge in [-0.15, -0.1) is 0 Å². The summed E-state index contributed by atoms with van der Waals surface area (Å²) in [6.45, 7) is 7.15. The molecule has 2 atom stereocenters. The fraction of sp³-hybridized carbons (Fsp3) is 0.600. The van der Waals surface area contributed by atoms with Crippen molar-refractivity contribution in [2.24, 2.45) is 0 Å². The highest BCUT2D eigenvalue weighted by molar-refractivity contribution is 5.67. The quantitative estimate of drug-likeness (QED) is 0.853. The van der Waals surface area contributed by atoms with Crippen molar-refractivity contribution in [3.8, 4) is 6.07 Å². The number of carbonyl (C=O) groups excluding carboxylic acids is 1. The van der Waals surface area contributed by atoms with Crippen LogP contribution in [0.2, 0.25) is 0 Å². The Kier molecular flexibility index (Phi) is 7.17. The lowest BCUT2D eigenvalue weighted by Gasteiger charge is -2.39. The molecule has 1 aliphatic rings. The number of ether oxygens (including phenoxy) is 2. The minimum atomic E-state index is -0.554. The summed E-state index contributed by atoms with van der Waals surface area (Å²) in [6, 6.07) is 6.36. The Morgan fingerprint density at radius 3 is 2.81 bits per heavy atom. The van der Waals surface area contributed by atoms with E-state index in [4.69, 9.17) is 9.47 Å². The molecule has 27 heavy (non-hydrogen) atoms. The van der Waals surface area contributed by atoms with E-state index in [1.165, 1.54) is 12.1 Å². The van der Waals surface area contributed by atoms with Gasteiger partial charge in [0.1, 0.15) is 11.4 Å². The van der Waals surface area contributed by atoms with E-state index in [0.29, 0.717) is 18.7 Å². The van der Waals surface area contributed by atoms with Crippen molar-refractivity contribution in [3.05, 3.63) is 35.1 Å². The Balaban J connectivity index is 2.06. The van der Waals surface area contributed by atoms with Gasteiger partial charge in [0.25, 0.3) is 0 Å². The standard InChI is InChI=1S/C20H28FN3O3/c1-20(2,3)27-19(25)23-12-17-10-18(26-4)7-8-24(17)13-14-5-6-16(21)9-15(14)11-22/h5-6,9,17-18H,7-8,10,12-13H2,1-4H3,(H,23,25)/t17-,18-/m1/s1. The van der Waals surface area contributed by atoms with Crippen LogP contribution in [0.5, 0.6) is 0 Å². The van der Waals surface area contributed by atoms with Gasteiger partial charge in [-0.3, -0.25) is 4.90 Å². The highest BCUT2D eigenvalue weighted by Gasteiger charge is 2.29. The Bertz CT molecular complexity index is 697. The molecule has 2 rings (SSSR count). The van der Waals surface area contributed by atoms with Crippen LogP contribution < -0.4 is 5.32 Å². The van der Waals surface area contributed by atoms with Crippen LogP contribution >= 0.6 is 0 Å². The monoisotopic (exact) mass is 377 g/mol. The zero-order chi connectivity index (χ0) is 20.0. The number of benzene rings is 1. The van der Waals surface area contributed by atoms with Gasteiger partial charge >= 0.3 is 6.09 Å². The summed E-state index contributed by atoms with van der Waals surface area (Å²) in [5, 5.41) is 12.1. The predicted octanol–water partition coefficient (Wildman–Crippen LogP) is 3.20. The highest BCUT2D eigenvalue weighted by atomic mass is 19.1. The molecule has 1 N–H and O–H groups in total. The summed E-state index contributed by atoms with van der Waals surface area (Å²) in [5.41, 5.74) is 0.557. The number of halogens is 1. The van der Waals surface area contributed by atoms with Crippen molar-refractivity contribution in [1.82, 2.24) is 10.2 Å². The van der Waals surface area contributed by atoms with Crippen LogP contribution in [0.3, 0.4) is 0 Å². The van der Waals surface area contributed by atoms with Crippen molar-refractivity contribution in [3.63, 3.8) is 0 Å². The molecule has 1 saturated heterocycles. The number of likely N-dealkylation sites (tertiary alicyclic amines) is 1. The van der Waals surface area contributed by atoms with E-state index in [2.05, 4.69) is 16.3 Å². The molecule has 1 heterocycles. The van der Waals surface area contributed by atoms with Crippen LogP contribution in [0.1, 0.15) is 44.7 Å². The highest BCUT2D eigenvalue weighted by Crippen LogP contribution is 2.23. The molecule has 0 aliphatic carbocycles. The van der Waals surface area contributed by atoms with Gasteiger partial charge in [0.2, 0.25) is 0 Å². The van der Waals surface area contributed by atoms with E-state index in [1.807, 2.05) is 20.8 Å². The number of methoxy groups -OCH3 is 1. The number of amides is 1. The summed E-state index contributed by atoms with van der Waals surface area (Å²) in [5.74, 6) is -0.420. The predicted molar refractivity (Wildman–Crippen MR) is 99.6 cm³/mol. The van der Waals surface area contributed by atoms with Crippen molar-refractivity contribution < 1.29 is 18.7 Å². The summed E-state index contributed by atoms with van der Waals surface area (Å²) in [6.07, 6.45) is 1.29. The van der Waals surface area contributed by atoms with Crippen LogP contribution in [0.4, 0.5) is 9.18 Å². The maximum absolute atomic E-state index is 13.4. The van der Waals surface area contributed by atoms with Gasteiger partial charge in [-0.25, -0.2) is 9.18 Å². The van der Waals surface area contributed by atoms with Gasteiger partial charge < -0.3 is 14.8 Å². The van der Waals surface area contributed by atoms with Gasteiger partial charge in [0.05, 0.1) is 17.7 Å². The Hall–Kier alpha value is -2.17. The number of carbonyl (C=O) groups is 1. The first-order valence-electron chi connectivity index (χ1n) is 9.14. The van der Waals surface area contributed by atoms with Gasteiger partial charge in [-0.05, 0) is 51.3 Å². The second-order valence-electron chi connectivity index (χ2n) is 7.80. The van der Waals surface area contributed by atoms with Crippen molar-refractivity contribution in [1.29, 1.82) is 5.26 Å². The molecule has 0 aromatic heterocycles. The zero-order valence-corrected chi connectivity index (χ0v) is 16.4. The molecule has 0 spiro atoms. The first-order chi connectivity index (χ1) is 12.7. The molecule has 0 bridgehead atoms. The fourth-order valence-electron chi connectivity index (χ4n) is 3.22. The van der Waals surface area contributed by atoms with Crippen LogP contribution in [0.15, 0.2) is 18.2 Å². The number of nitrogens with zero attached hydrogens (tertiary/aromatic N) is 2. The number of nitrogens with one attached hydrogen (secondary N) is 1. The number of piperidine rings is 1. The lowest BCUT2D eigenvalue weighted by atomic mass is 9.97. The maximum Gasteiger partial charge on any atom is 0.407 e. The molecule has 1 amide bonds. The third-order valence-electron chi connectivity index (χ3n) is 4.57. The van der Waals surface area contributed by atoms with Crippen LogP contribution in [-0.2, 0) is 16.0 Å². The van der Waals surface area contributed by atoms with Gasteiger partial charge in [0.15, 0.2) is 0 Å². The number of hydrogen-bond donors (Lipinski definition) is 1. The largest absolute Gasteiger partial charge is 0.444 e. The minimum Gasteiger partial charge on any atom is -0.444 e. The molecular weight excluding hydrogens is 349 g/mol. The van der Waals surface area contributed by atoms with E-state index >= 15 is 0 Å². The normalized spacial score (nSPS) is 20.7. The molecule has 7 heteroatoms. The summed E-state index contributed by atoms with van der Waals surface area (Å²) >= 11 is 0. The molecule has 148 valence electrons. The second-order valence-corrected chi connectivity index (χ2v) is 7.80. The van der Waals surface area contributed by atoms with Crippen molar-refractivity contribution in [2.75, 3.05) is 20.2 Å². The van der Waals surface area contributed by atoms with Crippen molar-refractivity contribution >= 4 is 6.09 Å². The number of nitriles is 1. The average Bonchev–Trinajstić information content (AvgIpc) is 2.60. The second kappa shape index (κ2) is 9.16. The molecule has 1 aromatic rings. The van der Waals surface area contributed by atoms with E-state index in [-0.39, 0.29) is 12.1 Å². The maximum atomic E-state index is 13.4.